The SMILES string of the molecule is NNOC(=O)CCN1CCOc2ccccc2C1=O. The number of rotatable bonds is 4. The Labute approximate surface area is 110 Å². The number of hydrazine groups is 1. The van der Waals surface area contributed by atoms with Gasteiger partial charge < -0.3 is 14.5 Å². The van der Waals surface area contributed by atoms with Crippen LogP contribution in [0.3, 0.4) is 0 Å². The number of nitrogens with zero attached hydrogens (tertiary/aromatic N) is 1. The largest absolute Gasteiger partial charge is 0.491 e. The van der Waals surface area contributed by atoms with Gasteiger partial charge in [0.25, 0.3) is 5.91 Å². The Hall–Kier alpha value is -2.12. The molecule has 7 nitrogen and oxygen atoms in total. The first kappa shape index (κ1) is 13.3. The maximum atomic E-state index is 12.3. The van der Waals surface area contributed by atoms with Gasteiger partial charge in [0.2, 0.25) is 0 Å². The molecule has 0 bridgehead atoms. The number of amides is 1. The highest BCUT2D eigenvalue weighted by atomic mass is 16.7. The fraction of sp³-hybridized carbons (Fsp3) is 0.333. The quantitative estimate of drug-likeness (QED) is 0.580. The fourth-order valence-corrected chi connectivity index (χ4v) is 1.86. The van der Waals surface area contributed by atoms with Gasteiger partial charge in [-0.15, -0.1) is 0 Å². The predicted molar refractivity (Wildman–Crippen MR) is 65.9 cm³/mol. The standard InChI is InChI=1S/C12H15N3O4/c13-14-19-11(16)5-6-15-7-8-18-10-4-2-1-3-9(10)12(15)17/h1-4,14H,5-8,13H2. The summed E-state index contributed by atoms with van der Waals surface area (Å²) in [5.74, 6) is 4.76. The molecule has 0 atom stereocenters. The van der Waals surface area contributed by atoms with Crippen molar-refractivity contribution in [3.05, 3.63) is 29.8 Å². The van der Waals surface area contributed by atoms with Gasteiger partial charge in [-0.3, -0.25) is 9.59 Å². The van der Waals surface area contributed by atoms with Gasteiger partial charge in [0, 0.05) is 6.54 Å². The minimum atomic E-state index is -0.520. The molecule has 1 heterocycles. The summed E-state index contributed by atoms with van der Waals surface area (Å²) >= 11 is 0. The summed E-state index contributed by atoms with van der Waals surface area (Å²) in [5.41, 5.74) is 2.32. The lowest BCUT2D eigenvalue weighted by Gasteiger charge is -2.19. The second-order valence-corrected chi connectivity index (χ2v) is 3.98. The van der Waals surface area contributed by atoms with Gasteiger partial charge in [-0.1, -0.05) is 17.7 Å². The normalized spacial score (nSPS) is 14.4. The summed E-state index contributed by atoms with van der Waals surface area (Å²) in [6.45, 7) is 1.08. The molecule has 0 unspecified atom stereocenters. The van der Waals surface area contributed by atoms with Crippen LogP contribution in [0.1, 0.15) is 16.8 Å². The van der Waals surface area contributed by atoms with Crippen LogP contribution in [0.15, 0.2) is 24.3 Å². The highest BCUT2D eigenvalue weighted by molar-refractivity contribution is 5.97. The van der Waals surface area contributed by atoms with Crippen molar-refractivity contribution in [3.63, 3.8) is 0 Å². The number of carbonyl (C=O) groups excluding carboxylic acids is 2. The number of hydrogen-bond donors (Lipinski definition) is 2. The molecular formula is C12H15N3O4. The van der Waals surface area contributed by atoms with E-state index >= 15 is 0 Å². The molecule has 0 radical (unpaired) electrons. The average molecular weight is 265 g/mol. The van der Waals surface area contributed by atoms with Crippen molar-refractivity contribution < 1.29 is 19.2 Å². The van der Waals surface area contributed by atoms with Gasteiger partial charge in [0.05, 0.1) is 18.5 Å². The summed E-state index contributed by atoms with van der Waals surface area (Å²) in [7, 11) is 0. The fourth-order valence-electron chi connectivity index (χ4n) is 1.86. The van der Waals surface area contributed by atoms with E-state index in [0.29, 0.717) is 24.5 Å². The highest BCUT2D eigenvalue weighted by Crippen LogP contribution is 2.22. The molecule has 1 aliphatic heterocycles. The number of ether oxygens (including phenoxy) is 1. The van der Waals surface area contributed by atoms with Crippen LogP contribution in [0.5, 0.6) is 5.75 Å². The van der Waals surface area contributed by atoms with Crippen LogP contribution in [0.4, 0.5) is 0 Å². The van der Waals surface area contributed by atoms with E-state index in [0.717, 1.165) is 0 Å². The molecule has 1 aromatic rings. The number of nitrogens with one attached hydrogen (secondary N) is 1. The van der Waals surface area contributed by atoms with Gasteiger partial charge in [0.15, 0.2) is 0 Å². The van der Waals surface area contributed by atoms with Gasteiger partial charge in [-0.2, -0.15) is 0 Å². The molecule has 0 aromatic heterocycles. The van der Waals surface area contributed by atoms with Crippen molar-refractivity contribution >= 4 is 11.9 Å². The molecule has 1 aliphatic rings. The molecule has 1 aromatic carbocycles. The maximum absolute atomic E-state index is 12.3. The van der Waals surface area contributed by atoms with Crippen LogP contribution in [0, 0.1) is 0 Å². The first-order valence-electron chi connectivity index (χ1n) is 5.88. The van der Waals surface area contributed by atoms with Crippen molar-refractivity contribution in [2.75, 3.05) is 19.7 Å². The number of benzene rings is 1. The number of para-hydroxylation sites is 1. The van der Waals surface area contributed by atoms with E-state index in [4.69, 9.17) is 10.6 Å². The smallest absolute Gasteiger partial charge is 0.328 e. The molecule has 7 heteroatoms. The molecule has 0 saturated carbocycles. The number of hydrogen-bond acceptors (Lipinski definition) is 6. The van der Waals surface area contributed by atoms with Crippen molar-refractivity contribution in [2.24, 2.45) is 5.84 Å². The van der Waals surface area contributed by atoms with E-state index in [-0.39, 0.29) is 18.9 Å². The molecule has 3 N–H and O–H groups in total. The zero-order chi connectivity index (χ0) is 13.7. The first-order chi connectivity index (χ1) is 9.22. The Bertz CT molecular complexity index is 478. The van der Waals surface area contributed by atoms with Gasteiger partial charge in [-0.25, -0.2) is 5.84 Å². The number of fused-ring (bicyclic) bond motifs is 1. The summed E-state index contributed by atoms with van der Waals surface area (Å²) in [4.78, 5) is 29.4. The van der Waals surface area contributed by atoms with Crippen LogP contribution in [-0.4, -0.2) is 36.5 Å². The second kappa shape index (κ2) is 6.17. The van der Waals surface area contributed by atoms with Crippen LogP contribution in [0.25, 0.3) is 0 Å². The van der Waals surface area contributed by atoms with Crippen LogP contribution >= 0.6 is 0 Å². The lowest BCUT2D eigenvalue weighted by Crippen LogP contribution is -2.35. The number of carbonyl (C=O) groups is 2. The zero-order valence-corrected chi connectivity index (χ0v) is 10.3. The lowest BCUT2D eigenvalue weighted by molar-refractivity contribution is -0.151. The third kappa shape index (κ3) is 3.21. The second-order valence-electron chi connectivity index (χ2n) is 3.98. The summed E-state index contributed by atoms with van der Waals surface area (Å²) in [6.07, 6.45) is 0.0676. The molecule has 19 heavy (non-hydrogen) atoms. The van der Waals surface area contributed by atoms with Crippen LogP contribution < -0.4 is 16.2 Å². The molecule has 0 aliphatic carbocycles. The summed E-state index contributed by atoms with van der Waals surface area (Å²) in [6, 6.07) is 7.04. The van der Waals surface area contributed by atoms with Gasteiger partial charge >= 0.3 is 5.97 Å². The van der Waals surface area contributed by atoms with E-state index in [9.17, 15) is 9.59 Å². The third-order valence-corrected chi connectivity index (χ3v) is 2.78. The molecule has 2 rings (SSSR count). The van der Waals surface area contributed by atoms with Crippen molar-refractivity contribution in [1.82, 2.24) is 10.5 Å². The van der Waals surface area contributed by atoms with E-state index in [1.165, 1.54) is 0 Å². The van der Waals surface area contributed by atoms with Gasteiger partial charge in [0.1, 0.15) is 12.4 Å². The van der Waals surface area contributed by atoms with E-state index < -0.39 is 5.97 Å². The highest BCUT2D eigenvalue weighted by Gasteiger charge is 2.23. The Morgan fingerprint density at radius 1 is 1.47 bits per heavy atom. The van der Waals surface area contributed by atoms with E-state index in [1.807, 2.05) is 11.7 Å². The summed E-state index contributed by atoms with van der Waals surface area (Å²) in [5, 5.41) is 0. The van der Waals surface area contributed by atoms with Crippen molar-refractivity contribution in [3.8, 4) is 5.75 Å². The maximum Gasteiger partial charge on any atom is 0.328 e. The monoisotopic (exact) mass is 265 g/mol. The minimum absolute atomic E-state index is 0.0676. The van der Waals surface area contributed by atoms with E-state index in [1.54, 1.807) is 23.1 Å². The van der Waals surface area contributed by atoms with Crippen LogP contribution in [0.2, 0.25) is 0 Å². The van der Waals surface area contributed by atoms with Crippen molar-refractivity contribution in [2.45, 2.75) is 6.42 Å². The Kier molecular flexibility index (Phi) is 4.32. The third-order valence-electron chi connectivity index (χ3n) is 2.78. The predicted octanol–water partition coefficient (Wildman–Crippen LogP) is -0.167. The molecular weight excluding hydrogens is 250 g/mol. The molecule has 0 fully saturated rings. The molecule has 102 valence electrons. The molecule has 0 spiro atoms. The van der Waals surface area contributed by atoms with Crippen LogP contribution in [-0.2, 0) is 9.63 Å². The molecule has 1 amide bonds. The lowest BCUT2D eigenvalue weighted by atomic mass is 10.2. The molecule has 0 saturated heterocycles. The summed E-state index contributed by atoms with van der Waals surface area (Å²) < 4.78 is 5.49. The Balaban J connectivity index is 2.03. The van der Waals surface area contributed by atoms with Gasteiger partial charge in [-0.05, 0) is 12.1 Å². The van der Waals surface area contributed by atoms with E-state index in [2.05, 4.69) is 4.84 Å². The average Bonchev–Trinajstić information content (AvgIpc) is 2.57. The Morgan fingerprint density at radius 3 is 3.05 bits per heavy atom. The number of nitrogens with two attached hydrogens (primary N) is 1. The van der Waals surface area contributed by atoms with Crippen molar-refractivity contribution in [1.29, 1.82) is 0 Å². The zero-order valence-electron chi connectivity index (χ0n) is 10.3. The topological polar surface area (TPSA) is 93.9 Å². The minimum Gasteiger partial charge on any atom is -0.491 e. The first-order valence-corrected chi connectivity index (χ1v) is 5.88. The Morgan fingerprint density at radius 2 is 2.26 bits per heavy atom.